The van der Waals surface area contributed by atoms with E-state index in [1.165, 1.54) is 19.3 Å². The van der Waals surface area contributed by atoms with Crippen LogP contribution in [0.15, 0.2) is 53.2 Å². The Bertz CT molecular complexity index is 1130. The first kappa shape index (κ1) is 16.9. The average molecular weight is 373 g/mol. The molecule has 2 aromatic carbocycles. The number of anilines is 2. The molecule has 1 fully saturated rings. The fourth-order valence-electron chi connectivity index (χ4n) is 4.06. The van der Waals surface area contributed by atoms with E-state index in [0.29, 0.717) is 17.8 Å². The van der Waals surface area contributed by atoms with Gasteiger partial charge in [-0.25, -0.2) is 0 Å². The van der Waals surface area contributed by atoms with E-state index in [9.17, 15) is 0 Å². The van der Waals surface area contributed by atoms with Crippen LogP contribution in [-0.4, -0.2) is 27.7 Å². The molecule has 0 bridgehead atoms. The first-order valence-corrected chi connectivity index (χ1v) is 9.77. The third-order valence-corrected chi connectivity index (χ3v) is 5.62. The number of nitrogens with two attached hydrogens (primary N) is 1. The van der Waals surface area contributed by atoms with Crippen LogP contribution in [0.4, 0.5) is 11.4 Å². The molecule has 28 heavy (non-hydrogen) atoms. The minimum Gasteiger partial charge on any atom is -0.397 e. The number of rotatable bonds is 3. The number of fused-ring (bicyclic) bond motifs is 1. The number of nitrogens with one attached hydrogen (secondary N) is 1. The molecule has 5 rings (SSSR count). The smallest absolute Gasteiger partial charge is 0.258 e. The lowest BCUT2D eigenvalue weighted by Gasteiger charge is -2.36. The van der Waals surface area contributed by atoms with E-state index in [4.69, 9.17) is 10.3 Å². The molecule has 1 saturated heterocycles. The Hall–Kier alpha value is -3.28. The van der Waals surface area contributed by atoms with Crippen molar-refractivity contribution in [3.8, 4) is 22.8 Å². The van der Waals surface area contributed by atoms with Gasteiger partial charge >= 0.3 is 0 Å². The van der Waals surface area contributed by atoms with Crippen LogP contribution in [-0.2, 0) is 0 Å². The van der Waals surface area contributed by atoms with Crippen LogP contribution in [0.1, 0.15) is 26.2 Å². The number of piperidine rings is 1. The molecule has 0 radical (unpaired) electrons. The second kappa shape index (κ2) is 6.71. The molecule has 1 atom stereocenters. The number of hydrogen-bond donors (Lipinski definition) is 2. The Labute approximate surface area is 163 Å². The Morgan fingerprint density at radius 1 is 1.11 bits per heavy atom. The number of benzene rings is 2. The highest BCUT2D eigenvalue weighted by molar-refractivity contribution is 5.84. The molecule has 1 unspecified atom stereocenters. The molecule has 2 aromatic heterocycles. The van der Waals surface area contributed by atoms with E-state index < -0.39 is 0 Å². The van der Waals surface area contributed by atoms with Gasteiger partial charge in [-0.1, -0.05) is 5.16 Å². The highest BCUT2D eigenvalue weighted by Crippen LogP contribution is 2.33. The number of nitrogens with zero attached hydrogens (tertiary/aromatic N) is 3. The SMILES string of the molecule is CC1CCCCN1c1ccc(-c2nc(-c3ccc4[nH]ccc4c3)no2)cc1N. The quantitative estimate of drug-likeness (QED) is 0.502. The molecule has 4 aromatic rings. The first-order valence-electron chi connectivity index (χ1n) is 9.77. The van der Waals surface area contributed by atoms with Crippen LogP contribution < -0.4 is 10.6 Å². The summed E-state index contributed by atoms with van der Waals surface area (Å²) in [6.07, 6.45) is 5.63. The molecular formula is C22H23N5O. The summed E-state index contributed by atoms with van der Waals surface area (Å²) >= 11 is 0. The number of hydrogen-bond acceptors (Lipinski definition) is 5. The molecule has 3 heterocycles. The molecule has 1 aliphatic heterocycles. The largest absolute Gasteiger partial charge is 0.397 e. The van der Waals surface area contributed by atoms with E-state index in [2.05, 4.69) is 39.1 Å². The van der Waals surface area contributed by atoms with E-state index in [-0.39, 0.29) is 0 Å². The molecule has 0 aliphatic carbocycles. The lowest BCUT2D eigenvalue weighted by molar-refractivity contribution is 0.432. The number of nitrogen functional groups attached to an aromatic ring is 1. The van der Waals surface area contributed by atoms with Gasteiger partial charge in [0.05, 0.1) is 11.4 Å². The molecule has 0 amide bonds. The van der Waals surface area contributed by atoms with Crippen molar-refractivity contribution in [2.75, 3.05) is 17.2 Å². The van der Waals surface area contributed by atoms with Gasteiger partial charge in [0.1, 0.15) is 0 Å². The minimum atomic E-state index is 0.481. The van der Waals surface area contributed by atoms with Crippen LogP contribution >= 0.6 is 0 Å². The highest BCUT2D eigenvalue weighted by Gasteiger charge is 2.21. The van der Waals surface area contributed by atoms with Crippen molar-refractivity contribution in [1.29, 1.82) is 0 Å². The van der Waals surface area contributed by atoms with Gasteiger partial charge in [-0.3, -0.25) is 0 Å². The maximum atomic E-state index is 6.39. The lowest BCUT2D eigenvalue weighted by atomic mass is 10.0. The Morgan fingerprint density at radius 3 is 2.86 bits per heavy atom. The molecule has 1 aliphatic rings. The van der Waals surface area contributed by atoms with Crippen LogP contribution in [0.2, 0.25) is 0 Å². The van der Waals surface area contributed by atoms with Gasteiger partial charge in [0.25, 0.3) is 5.89 Å². The molecule has 0 spiro atoms. The first-order chi connectivity index (χ1) is 13.7. The molecule has 142 valence electrons. The van der Waals surface area contributed by atoms with Crippen LogP contribution in [0, 0.1) is 0 Å². The van der Waals surface area contributed by atoms with Crippen molar-refractivity contribution >= 4 is 22.3 Å². The fourth-order valence-corrected chi connectivity index (χ4v) is 4.06. The van der Waals surface area contributed by atoms with Crippen molar-refractivity contribution in [3.63, 3.8) is 0 Å². The van der Waals surface area contributed by atoms with Gasteiger partial charge in [0.15, 0.2) is 0 Å². The Morgan fingerprint density at radius 2 is 2.00 bits per heavy atom. The van der Waals surface area contributed by atoms with Crippen molar-refractivity contribution in [1.82, 2.24) is 15.1 Å². The molecule has 0 saturated carbocycles. The maximum Gasteiger partial charge on any atom is 0.258 e. The standard InChI is InChI=1S/C22H23N5O/c1-14-4-2-3-11-27(14)20-8-6-17(13-18(20)23)22-25-21(26-28-22)16-5-7-19-15(12-16)9-10-24-19/h5-10,12-14,24H,2-4,11,23H2,1H3. The van der Waals surface area contributed by atoms with Crippen LogP contribution in [0.3, 0.4) is 0 Å². The summed E-state index contributed by atoms with van der Waals surface area (Å²) in [5.74, 6) is 1.06. The van der Waals surface area contributed by atoms with Crippen molar-refractivity contribution in [2.45, 2.75) is 32.2 Å². The molecule has 3 N–H and O–H groups in total. The Balaban J connectivity index is 1.44. The molecule has 6 nitrogen and oxygen atoms in total. The third-order valence-electron chi connectivity index (χ3n) is 5.62. The summed E-state index contributed by atoms with van der Waals surface area (Å²) in [6.45, 7) is 3.31. The van der Waals surface area contributed by atoms with Crippen LogP contribution in [0.5, 0.6) is 0 Å². The number of H-pyrrole nitrogens is 1. The van der Waals surface area contributed by atoms with E-state index >= 15 is 0 Å². The minimum absolute atomic E-state index is 0.481. The monoisotopic (exact) mass is 373 g/mol. The van der Waals surface area contributed by atoms with Crippen molar-refractivity contribution in [3.05, 3.63) is 48.7 Å². The Kier molecular flexibility index (Phi) is 4.04. The summed E-state index contributed by atoms with van der Waals surface area (Å²) in [5, 5.41) is 5.28. The zero-order valence-corrected chi connectivity index (χ0v) is 15.9. The number of aromatic amines is 1. The number of aromatic nitrogens is 3. The van der Waals surface area contributed by atoms with Gasteiger partial charge < -0.3 is 20.1 Å². The summed E-state index contributed by atoms with van der Waals surface area (Å²) in [7, 11) is 0. The van der Waals surface area contributed by atoms with Crippen molar-refractivity contribution in [2.24, 2.45) is 0 Å². The maximum absolute atomic E-state index is 6.39. The van der Waals surface area contributed by atoms with E-state index in [1.54, 1.807) is 0 Å². The fraction of sp³-hybridized carbons (Fsp3) is 0.273. The summed E-state index contributed by atoms with van der Waals surface area (Å²) in [5.41, 5.74) is 11.1. The summed E-state index contributed by atoms with van der Waals surface area (Å²) in [4.78, 5) is 10.2. The second-order valence-corrected chi connectivity index (χ2v) is 7.51. The van der Waals surface area contributed by atoms with E-state index in [0.717, 1.165) is 39.9 Å². The van der Waals surface area contributed by atoms with Gasteiger partial charge in [0, 0.05) is 40.8 Å². The predicted molar refractivity (Wildman–Crippen MR) is 112 cm³/mol. The zero-order chi connectivity index (χ0) is 19.1. The molecule has 6 heteroatoms. The predicted octanol–water partition coefficient (Wildman–Crippen LogP) is 4.85. The summed E-state index contributed by atoms with van der Waals surface area (Å²) in [6, 6.07) is 14.6. The van der Waals surface area contributed by atoms with Gasteiger partial charge in [0.2, 0.25) is 5.82 Å². The second-order valence-electron chi connectivity index (χ2n) is 7.51. The van der Waals surface area contributed by atoms with Gasteiger partial charge in [-0.2, -0.15) is 4.98 Å². The molecular weight excluding hydrogens is 350 g/mol. The van der Waals surface area contributed by atoms with E-state index in [1.807, 2.05) is 36.5 Å². The summed E-state index contributed by atoms with van der Waals surface area (Å²) < 4.78 is 5.52. The normalized spacial score (nSPS) is 17.3. The van der Waals surface area contributed by atoms with Crippen molar-refractivity contribution < 1.29 is 4.52 Å². The zero-order valence-electron chi connectivity index (χ0n) is 15.9. The topological polar surface area (TPSA) is 84.0 Å². The third kappa shape index (κ3) is 2.91. The average Bonchev–Trinajstić information content (AvgIpc) is 3.37. The van der Waals surface area contributed by atoms with Gasteiger partial charge in [-0.15, -0.1) is 0 Å². The van der Waals surface area contributed by atoms with Gasteiger partial charge in [-0.05, 0) is 68.7 Å². The van der Waals surface area contributed by atoms with Crippen LogP contribution in [0.25, 0.3) is 33.7 Å². The lowest BCUT2D eigenvalue weighted by Crippen LogP contribution is -2.37. The highest BCUT2D eigenvalue weighted by atomic mass is 16.5.